The molecule has 3 aliphatic heterocycles. The molecule has 5 aliphatic rings. The summed E-state index contributed by atoms with van der Waals surface area (Å²) in [7, 11) is 0. The molecule has 0 amide bonds. The number of ether oxygens (including phenoxy) is 1. The standard InChI is InChI=1S/C9H7N.C9H8.C8H6N2.C8H9N.C8H7N.C7H6N2.C7H7NO.C7H5NO.C7H5NS.2C6H5N3.C6H4N2O.12C2H6/c1-2-6-9-8(4-1)5-3-7-10-9;1-2-5-9-7-3-6-8(9)4-1;1-2-7-6-9-5-3-8(7)10-4-1;1-3-7-4-2-6-9-8(7)5-1;1-2-4-8-7(3-1)5-6-9-8;1-2-6-7(8-4-1)3-5-9-6;1-3-8-5-7-6(1)2-4-9-7;2*1-2-4-7-6(3-1)8-5-9-7;1-2-5-6(7-3-1)9-4-8-5;1-2-5-6(7-3-1)4-8-9-5;1-2-9-6-5(1)3-7-4-8-6;12*1-2/h1-7H;1-6H,7H2;1-6H;2,4,6H,1,3,5H2;1-4,6H,5H2;1-5,9H;1,3,5H,2,4H2;2*1-5H;1-4H,(H,7,8,9);1-3H,4H2;1-4H;12*1-2H3. The first kappa shape index (κ1) is 118. The molecule has 0 bridgehead atoms. The molecule has 0 spiro atoms. The van der Waals surface area contributed by atoms with Crippen LogP contribution in [0.4, 0.5) is 11.4 Å². The summed E-state index contributed by atoms with van der Waals surface area (Å²) >= 11 is 1.68. The summed E-state index contributed by atoms with van der Waals surface area (Å²) in [6.45, 7) is 49.5. The van der Waals surface area contributed by atoms with Gasteiger partial charge in [0.15, 0.2) is 17.6 Å². The highest BCUT2D eigenvalue weighted by atomic mass is 32.1. The van der Waals surface area contributed by atoms with E-state index in [2.05, 4.69) is 157 Å². The van der Waals surface area contributed by atoms with Crippen LogP contribution in [0, 0.1) is 0 Å². The number of rotatable bonds is 0. The van der Waals surface area contributed by atoms with Gasteiger partial charge in [0.2, 0.25) is 5.71 Å². The number of nitrogens with zero attached hydrogens (tertiary/aromatic N) is 16. The van der Waals surface area contributed by atoms with Crippen molar-refractivity contribution in [2.24, 2.45) is 15.2 Å². The number of benzene rings is 5. The SMILES string of the molecule is C1=Cc2ccccc2C1.C1=Nc2ccccc2C1.CC.CC.CC.CC.CC.CC.CC.CC.CC.CC.CC.CC.c1cc2c(cn1)OCC2.c1ccc2ncccc2c1.c1ccc2ocnc2c1.c1ccc2scnc2c1.c1cnc2c(c1)CCC2.c1cnc2c(c1)N=NC2.c1cnc2cc[nH]c2c1.c1cnc2ccncc2c1.c1cnc2nc[nH]c2c1.c1ncc2ccoc2n1. The summed E-state index contributed by atoms with van der Waals surface area (Å²) < 4.78 is 16.5. The Balaban J connectivity index is 0.000000716. The third kappa shape index (κ3) is 43.6. The number of allylic oxidation sites excluding steroid dienone is 1. The van der Waals surface area contributed by atoms with E-state index < -0.39 is 0 Å². The Morgan fingerprint density at radius 2 is 0.925 bits per heavy atom. The molecule has 5 aromatic carbocycles. The first-order valence-corrected chi connectivity index (χ1v) is 48.4. The predicted octanol–water partition coefficient (Wildman–Crippen LogP) is 32.5. The van der Waals surface area contributed by atoms with Gasteiger partial charge in [-0.1, -0.05) is 275 Å². The van der Waals surface area contributed by atoms with Crippen LogP contribution in [0.3, 0.4) is 0 Å². The molecule has 708 valence electrons. The van der Waals surface area contributed by atoms with Crippen molar-refractivity contribution < 1.29 is 13.6 Å². The fraction of sp³-hybridized carbons (Fsp3) is 0.286. The van der Waals surface area contributed by atoms with E-state index in [1.54, 1.807) is 73.5 Å². The van der Waals surface area contributed by atoms with Crippen LogP contribution in [0.2, 0.25) is 0 Å². The van der Waals surface area contributed by atoms with E-state index in [1.165, 1.54) is 75.6 Å². The number of aryl methyl sites for hydroxylation is 2. The maximum Gasteiger partial charge on any atom is 0.228 e. The second-order valence-corrected chi connectivity index (χ2v) is 25.1. The third-order valence-electron chi connectivity index (χ3n) is 16.9. The van der Waals surface area contributed by atoms with Gasteiger partial charge >= 0.3 is 0 Å². The number of H-pyrrole nitrogens is 2. The van der Waals surface area contributed by atoms with Crippen LogP contribution in [0.5, 0.6) is 5.75 Å². The molecule has 0 saturated heterocycles. The van der Waals surface area contributed by atoms with Crippen molar-refractivity contribution in [3.63, 3.8) is 0 Å². The van der Waals surface area contributed by atoms with Crippen LogP contribution in [-0.4, -0.2) is 87.6 Å². The zero-order valence-corrected chi connectivity index (χ0v) is 84.6. The molecule has 0 saturated carbocycles. The normalized spacial score (nSPS) is 10.3. The molecule has 24 rings (SSSR count). The Hall–Kier alpha value is -14.4. The summed E-state index contributed by atoms with van der Waals surface area (Å²) in [6, 6.07) is 71.9. The van der Waals surface area contributed by atoms with Crippen molar-refractivity contribution in [1.29, 1.82) is 0 Å². The lowest BCUT2D eigenvalue weighted by atomic mass is 10.1. The number of imidazole rings is 1. The van der Waals surface area contributed by atoms with Crippen molar-refractivity contribution in [1.82, 2.24) is 74.8 Å². The average Bonchev–Trinajstić information content (AvgIpc) is 1.86. The molecular formula is C112H146N18O3S. The number of oxazole rings is 1. The number of furan rings is 1. The van der Waals surface area contributed by atoms with Crippen molar-refractivity contribution in [3.8, 4) is 5.75 Å². The molecule has 0 radical (unpaired) electrons. The van der Waals surface area contributed by atoms with Crippen LogP contribution in [0.25, 0.3) is 82.5 Å². The van der Waals surface area contributed by atoms with Gasteiger partial charge in [-0.2, -0.15) is 10.2 Å². The van der Waals surface area contributed by atoms with Crippen molar-refractivity contribution in [3.05, 3.63) is 369 Å². The molecule has 0 unspecified atom stereocenters. The van der Waals surface area contributed by atoms with Gasteiger partial charge < -0.3 is 23.5 Å². The Bertz CT molecular complexity index is 5120. The van der Waals surface area contributed by atoms with E-state index in [0.717, 1.165) is 109 Å². The molecule has 134 heavy (non-hydrogen) atoms. The lowest BCUT2D eigenvalue weighted by Crippen LogP contribution is -1.85. The minimum absolute atomic E-state index is 0.644. The van der Waals surface area contributed by atoms with Gasteiger partial charge in [-0.15, -0.1) is 11.3 Å². The number of aromatic nitrogens is 15. The Labute approximate surface area is 802 Å². The van der Waals surface area contributed by atoms with Gasteiger partial charge in [-0.05, 0) is 169 Å². The molecule has 14 aromatic heterocycles. The number of hydrogen-bond donors (Lipinski definition) is 2. The average molecular weight is 1820 g/mol. The first-order valence-electron chi connectivity index (χ1n) is 47.5. The van der Waals surface area contributed by atoms with Gasteiger partial charge in [-0.25, -0.2) is 29.9 Å². The monoisotopic (exact) mass is 1820 g/mol. The highest BCUT2D eigenvalue weighted by Crippen LogP contribution is 2.26. The quantitative estimate of drug-likeness (QED) is 0.143. The number of nitrogens with one attached hydrogen (secondary N) is 2. The van der Waals surface area contributed by atoms with Crippen LogP contribution in [0.1, 0.15) is 212 Å². The second-order valence-electron chi connectivity index (χ2n) is 24.2. The molecule has 2 aliphatic carbocycles. The van der Waals surface area contributed by atoms with Gasteiger partial charge in [-0.3, -0.25) is 39.9 Å². The smallest absolute Gasteiger partial charge is 0.228 e. The zero-order chi connectivity index (χ0) is 98.7. The maximum absolute atomic E-state index is 5.24. The van der Waals surface area contributed by atoms with Crippen molar-refractivity contribution >= 4 is 111 Å². The van der Waals surface area contributed by atoms with Crippen LogP contribution < -0.4 is 4.74 Å². The predicted molar refractivity (Wildman–Crippen MR) is 573 cm³/mol. The minimum atomic E-state index is 0.644. The lowest BCUT2D eigenvalue weighted by Gasteiger charge is -1.93. The first-order chi connectivity index (χ1) is 66.6. The molecule has 2 N–H and O–H groups in total. The molecule has 17 heterocycles. The number of para-hydroxylation sites is 5. The summed E-state index contributed by atoms with van der Waals surface area (Å²) in [5, 5.41) is 10.9. The molecule has 0 fully saturated rings. The number of pyridine rings is 8. The van der Waals surface area contributed by atoms with E-state index in [4.69, 9.17) is 13.6 Å². The number of thiazole rings is 1. The van der Waals surface area contributed by atoms with E-state index >= 15 is 0 Å². The fourth-order valence-corrected chi connectivity index (χ4v) is 12.0. The van der Waals surface area contributed by atoms with E-state index in [0.29, 0.717) is 12.3 Å². The number of azo groups is 1. The number of aliphatic imine (C=N–C) groups is 1. The number of fused-ring (bicyclic) bond motifs is 12. The van der Waals surface area contributed by atoms with Gasteiger partial charge in [0.25, 0.3) is 0 Å². The van der Waals surface area contributed by atoms with Crippen molar-refractivity contribution in [2.75, 3.05) is 6.61 Å². The Morgan fingerprint density at radius 1 is 0.358 bits per heavy atom. The van der Waals surface area contributed by atoms with E-state index in [-0.39, 0.29) is 0 Å². The maximum atomic E-state index is 5.24. The number of aromatic amines is 2. The van der Waals surface area contributed by atoms with Gasteiger partial charge in [0.1, 0.15) is 29.8 Å². The zero-order valence-electron chi connectivity index (χ0n) is 83.8. The largest absolute Gasteiger partial charge is 0.491 e. The van der Waals surface area contributed by atoms with Gasteiger partial charge in [0.05, 0.1) is 85.5 Å². The van der Waals surface area contributed by atoms with Crippen LogP contribution in [0.15, 0.2) is 354 Å². The summed E-state index contributed by atoms with van der Waals surface area (Å²) in [4.78, 5) is 62.6. The van der Waals surface area contributed by atoms with E-state index in [1.807, 2.05) is 366 Å². The molecule has 21 nitrogen and oxygen atoms in total. The third-order valence-corrected chi connectivity index (χ3v) is 17.7. The van der Waals surface area contributed by atoms with Crippen LogP contribution in [-0.2, 0) is 38.6 Å². The highest BCUT2D eigenvalue weighted by Gasteiger charge is 2.11. The molecule has 19 aromatic rings. The lowest BCUT2D eigenvalue weighted by molar-refractivity contribution is 0.355. The van der Waals surface area contributed by atoms with Gasteiger partial charge in [0, 0.05) is 109 Å². The summed E-state index contributed by atoms with van der Waals surface area (Å²) in [6.07, 6.45) is 40.8. The Kier molecular flexibility index (Phi) is 69.8. The molecule has 0 atom stereocenters. The highest BCUT2D eigenvalue weighted by molar-refractivity contribution is 7.16. The van der Waals surface area contributed by atoms with Crippen LogP contribution >= 0.6 is 11.3 Å². The summed E-state index contributed by atoms with van der Waals surface area (Å²) in [5.74, 6) is 0.956. The Morgan fingerprint density at radius 3 is 1.59 bits per heavy atom. The second kappa shape index (κ2) is 79.6. The summed E-state index contributed by atoms with van der Waals surface area (Å²) in [5.41, 5.74) is 22.6. The number of hydrogen-bond acceptors (Lipinski definition) is 20. The molecular weight excluding hydrogens is 1680 g/mol. The fourth-order valence-electron chi connectivity index (χ4n) is 11.4. The van der Waals surface area contributed by atoms with E-state index in [9.17, 15) is 0 Å². The topological polar surface area (TPSA) is 272 Å². The minimum Gasteiger partial charge on any atom is -0.491 e. The molecule has 22 heteroatoms. The van der Waals surface area contributed by atoms with Crippen molar-refractivity contribution in [2.45, 2.75) is 211 Å².